The van der Waals surface area contributed by atoms with Gasteiger partial charge in [0.2, 0.25) is 0 Å². The van der Waals surface area contributed by atoms with Crippen LogP contribution in [-0.4, -0.2) is 35.9 Å². The first-order valence-corrected chi connectivity index (χ1v) is 5.20. The van der Waals surface area contributed by atoms with Crippen molar-refractivity contribution in [3.8, 4) is 0 Å². The standard InChI is InChI=1S/C10H14O5/c1-2-14-10(13)8-6-4-3-5(15-6)7(8)9(11)12/h5-8H,2-4H2,1H3,(H,11,12)/t5-,6+,7?,8?/m0/s1. The molecule has 2 unspecified atom stereocenters. The van der Waals surface area contributed by atoms with Crippen LogP contribution in [0, 0.1) is 11.8 Å². The van der Waals surface area contributed by atoms with Crippen molar-refractivity contribution in [1.82, 2.24) is 0 Å². The lowest BCUT2D eigenvalue weighted by Crippen LogP contribution is -2.39. The molecule has 2 heterocycles. The zero-order valence-electron chi connectivity index (χ0n) is 8.51. The molecule has 0 aromatic carbocycles. The van der Waals surface area contributed by atoms with E-state index in [2.05, 4.69) is 0 Å². The minimum atomic E-state index is -0.958. The van der Waals surface area contributed by atoms with E-state index in [1.54, 1.807) is 6.92 Å². The number of fused-ring (bicyclic) bond motifs is 2. The number of carboxylic acid groups (broad SMARTS) is 1. The number of aliphatic carboxylic acids is 1. The third-order valence-corrected chi connectivity index (χ3v) is 3.12. The molecule has 2 aliphatic heterocycles. The van der Waals surface area contributed by atoms with E-state index in [1.165, 1.54) is 0 Å². The molecule has 2 bridgehead atoms. The van der Waals surface area contributed by atoms with Crippen molar-refractivity contribution < 1.29 is 24.2 Å². The maximum absolute atomic E-state index is 11.6. The van der Waals surface area contributed by atoms with Crippen molar-refractivity contribution in [2.24, 2.45) is 11.8 Å². The summed E-state index contributed by atoms with van der Waals surface area (Å²) in [5.74, 6) is -2.72. The predicted octanol–water partition coefficient (Wildman–Crippen LogP) is 0.428. The van der Waals surface area contributed by atoms with Crippen molar-refractivity contribution in [3.63, 3.8) is 0 Å². The van der Waals surface area contributed by atoms with Crippen LogP contribution in [0.2, 0.25) is 0 Å². The van der Waals surface area contributed by atoms with Gasteiger partial charge < -0.3 is 14.6 Å². The molecule has 0 radical (unpaired) electrons. The number of hydrogen-bond donors (Lipinski definition) is 1. The average Bonchev–Trinajstić information content (AvgIpc) is 2.76. The Morgan fingerprint density at radius 1 is 1.33 bits per heavy atom. The second-order valence-corrected chi connectivity index (χ2v) is 3.93. The highest BCUT2D eigenvalue weighted by Gasteiger charge is 2.56. The van der Waals surface area contributed by atoms with Gasteiger partial charge in [0.05, 0.1) is 30.7 Å². The number of carboxylic acids is 1. The fourth-order valence-electron chi connectivity index (χ4n) is 2.53. The van der Waals surface area contributed by atoms with Gasteiger partial charge in [0, 0.05) is 0 Å². The smallest absolute Gasteiger partial charge is 0.312 e. The second kappa shape index (κ2) is 3.81. The van der Waals surface area contributed by atoms with E-state index in [0.717, 1.165) is 12.8 Å². The van der Waals surface area contributed by atoms with Gasteiger partial charge in [-0.05, 0) is 19.8 Å². The molecule has 2 saturated heterocycles. The van der Waals surface area contributed by atoms with E-state index in [0.29, 0.717) is 0 Å². The highest BCUT2D eigenvalue weighted by molar-refractivity contribution is 5.83. The van der Waals surface area contributed by atoms with Crippen LogP contribution in [0.25, 0.3) is 0 Å². The van der Waals surface area contributed by atoms with Gasteiger partial charge in [0.15, 0.2) is 0 Å². The first kappa shape index (κ1) is 10.4. The van der Waals surface area contributed by atoms with Gasteiger partial charge in [-0.3, -0.25) is 9.59 Å². The van der Waals surface area contributed by atoms with Gasteiger partial charge in [0.25, 0.3) is 0 Å². The average molecular weight is 214 g/mol. The minimum Gasteiger partial charge on any atom is -0.481 e. The van der Waals surface area contributed by atoms with Crippen LogP contribution >= 0.6 is 0 Å². The third-order valence-electron chi connectivity index (χ3n) is 3.12. The monoisotopic (exact) mass is 214 g/mol. The van der Waals surface area contributed by atoms with Gasteiger partial charge in [-0.2, -0.15) is 0 Å². The summed E-state index contributed by atoms with van der Waals surface area (Å²) in [5, 5.41) is 9.04. The maximum Gasteiger partial charge on any atom is 0.312 e. The minimum absolute atomic E-state index is 0.254. The summed E-state index contributed by atoms with van der Waals surface area (Å²) in [4.78, 5) is 22.6. The molecule has 2 rings (SSSR count). The van der Waals surface area contributed by atoms with E-state index in [1.807, 2.05) is 0 Å². The molecule has 5 nitrogen and oxygen atoms in total. The number of carbonyl (C=O) groups is 2. The fourth-order valence-corrected chi connectivity index (χ4v) is 2.53. The van der Waals surface area contributed by atoms with Crippen LogP contribution in [-0.2, 0) is 19.1 Å². The van der Waals surface area contributed by atoms with Crippen LogP contribution in [0.3, 0.4) is 0 Å². The van der Waals surface area contributed by atoms with E-state index < -0.39 is 23.8 Å². The Balaban J connectivity index is 2.14. The first-order chi connectivity index (χ1) is 7.15. The number of esters is 1. The van der Waals surface area contributed by atoms with E-state index in [9.17, 15) is 9.59 Å². The van der Waals surface area contributed by atoms with Crippen molar-refractivity contribution >= 4 is 11.9 Å². The highest BCUT2D eigenvalue weighted by Crippen LogP contribution is 2.44. The van der Waals surface area contributed by atoms with Crippen LogP contribution in [0.5, 0.6) is 0 Å². The van der Waals surface area contributed by atoms with Gasteiger partial charge in [0.1, 0.15) is 0 Å². The molecule has 2 aliphatic rings. The molecule has 15 heavy (non-hydrogen) atoms. The van der Waals surface area contributed by atoms with Gasteiger partial charge in [-0.15, -0.1) is 0 Å². The summed E-state index contributed by atoms with van der Waals surface area (Å²) >= 11 is 0. The quantitative estimate of drug-likeness (QED) is 0.689. The molecular weight excluding hydrogens is 200 g/mol. The third kappa shape index (κ3) is 1.61. The van der Waals surface area contributed by atoms with E-state index >= 15 is 0 Å². The first-order valence-electron chi connectivity index (χ1n) is 5.20. The molecule has 5 heteroatoms. The highest BCUT2D eigenvalue weighted by atomic mass is 16.5. The molecule has 0 aromatic heterocycles. The van der Waals surface area contributed by atoms with Crippen molar-refractivity contribution in [3.05, 3.63) is 0 Å². The van der Waals surface area contributed by atoms with Crippen molar-refractivity contribution in [2.45, 2.75) is 32.0 Å². The lowest BCUT2D eigenvalue weighted by molar-refractivity contribution is -0.157. The van der Waals surface area contributed by atoms with Gasteiger partial charge in [-0.1, -0.05) is 0 Å². The molecule has 0 aliphatic carbocycles. The number of rotatable bonds is 3. The molecule has 0 saturated carbocycles. The molecular formula is C10H14O5. The van der Waals surface area contributed by atoms with Crippen LogP contribution in [0.4, 0.5) is 0 Å². The number of carbonyl (C=O) groups excluding carboxylic acids is 1. The Morgan fingerprint density at radius 3 is 2.47 bits per heavy atom. The Morgan fingerprint density at radius 2 is 1.93 bits per heavy atom. The molecule has 4 atom stereocenters. The molecule has 84 valence electrons. The zero-order chi connectivity index (χ0) is 11.0. The zero-order valence-corrected chi connectivity index (χ0v) is 8.51. The van der Waals surface area contributed by atoms with Gasteiger partial charge >= 0.3 is 11.9 Å². The van der Waals surface area contributed by atoms with E-state index in [-0.39, 0.29) is 18.8 Å². The Bertz CT molecular complexity index is 288. The predicted molar refractivity (Wildman–Crippen MR) is 49.1 cm³/mol. The van der Waals surface area contributed by atoms with Gasteiger partial charge in [-0.25, -0.2) is 0 Å². The summed E-state index contributed by atoms with van der Waals surface area (Å²) < 4.78 is 10.3. The normalized spacial score (nSPS) is 37.9. The SMILES string of the molecule is CCOC(=O)C1C(C(=O)O)[C@@H]2CC[C@H]1O2. The maximum atomic E-state index is 11.6. The molecule has 0 amide bonds. The summed E-state index contributed by atoms with van der Waals surface area (Å²) in [6.45, 7) is 1.99. The fraction of sp³-hybridized carbons (Fsp3) is 0.800. The second-order valence-electron chi connectivity index (χ2n) is 3.93. The Labute approximate surface area is 87.4 Å². The molecule has 1 N–H and O–H groups in total. The molecule has 0 aromatic rings. The molecule has 2 fully saturated rings. The summed E-state index contributed by atoms with van der Waals surface area (Å²) in [6, 6.07) is 0. The lowest BCUT2D eigenvalue weighted by atomic mass is 9.79. The topological polar surface area (TPSA) is 72.8 Å². The van der Waals surface area contributed by atoms with Crippen LogP contribution in [0.1, 0.15) is 19.8 Å². The Kier molecular flexibility index (Phi) is 2.65. The lowest BCUT2D eigenvalue weighted by Gasteiger charge is -2.22. The van der Waals surface area contributed by atoms with Crippen molar-refractivity contribution in [1.29, 1.82) is 0 Å². The van der Waals surface area contributed by atoms with E-state index in [4.69, 9.17) is 14.6 Å². The van der Waals surface area contributed by atoms with Crippen LogP contribution < -0.4 is 0 Å². The summed E-state index contributed by atoms with van der Waals surface area (Å²) in [5.41, 5.74) is 0. The molecule has 0 spiro atoms. The Hall–Kier alpha value is -1.10. The number of hydrogen-bond acceptors (Lipinski definition) is 4. The van der Waals surface area contributed by atoms with Crippen molar-refractivity contribution in [2.75, 3.05) is 6.61 Å². The largest absolute Gasteiger partial charge is 0.481 e. The summed E-state index contributed by atoms with van der Waals surface area (Å²) in [7, 11) is 0. The van der Waals surface area contributed by atoms with Crippen LogP contribution in [0.15, 0.2) is 0 Å². The number of ether oxygens (including phenoxy) is 2. The summed E-state index contributed by atoms with van der Waals surface area (Å²) in [6.07, 6.45) is 0.937.